The molecule has 4 atom stereocenters. The van der Waals surface area contributed by atoms with Gasteiger partial charge in [0, 0.05) is 42.3 Å². The van der Waals surface area contributed by atoms with E-state index in [2.05, 4.69) is 11.0 Å². The summed E-state index contributed by atoms with van der Waals surface area (Å²) in [5.41, 5.74) is 2.64. The first-order chi connectivity index (χ1) is 14.2. The molecule has 6 heteroatoms. The highest BCUT2D eigenvalue weighted by atomic mass is 16.7. The summed E-state index contributed by atoms with van der Waals surface area (Å²) in [5.74, 6) is 2.11. The normalized spacial score (nSPS) is 38.0. The molecule has 2 spiro atoms. The highest BCUT2D eigenvalue weighted by Crippen LogP contribution is 2.66. The Morgan fingerprint density at radius 2 is 2.03 bits per heavy atom. The topological polar surface area (TPSA) is 57.2 Å². The third-order valence-corrected chi connectivity index (χ3v) is 8.50. The fraction of sp³-hybridized carbons (Fsp3) is 0.696. The molecule has 0 N–H and O–H groups in total. The number of hydrogen-bond donors (Lipinski definition) is 0. The number of piperidine rings is 1. The second-order valence-corrected chi connectivity index (χ2v) is 9.73. The number of carbonyl (C=O) groups excluding carboxylic acids is 1. The zero-order valence-electron chi connectivity index (χ0n) is 16.8. The highest BCUT2D eigenvalue weighted by Gasteiger charge is 2.69. The molecule has 1 aromatic carbocycles. The monoisotopic (exact) mass is 397 g/mol. The standard InChI is InChI=1S/C23H27NO5/c1-26-17-5-4-14-10-16-15-11-22(27-8-9-28-22)12-18-23(15,19(14)20(17)29-18)6-7-24(16)21(25)13-2-3-13/h4-5,13,15-16,18H,2-3,6-12H2,1H3/t15-,16+,18-,23+/m0/s1. The summed E-state index contributed by atoms with van der Waals surface area (Å²) in [7, 11) is 1.71. The fourth-order valence-electron chi connectivity index (χ4n) is 7.19. The van der Waals surface area contributed by atoms with E-state index in [4.69, 9.17) is 18.9 Å². The van der Waals surface area contributed by atoms with Gasteiger partial charge in [-0.05, 0) is 43.2 Å². The summed E-state index contributed by atoms with van der Waals surface area (Å²) in [5, 5.41) is 0. The minimum Gasteiger partial charge on any atom is -0.493 e. The van der Waals surface area contributed by atoms with Gasteiger partial charge < -0.3 is 23.8 Å². The largest absolute Gasteiger partial charge is 0.493 e. The lowest BCUT2D eigenvalue weighted by atomic mass is 9.51. The van der Waals surface area contributed by atoms with Crippen LogP contribution in [-0.2, 0) is 26.1 Å². The van der Waals surface area contributed by atoms with Crippen molar-refractivity contribution in [2.24, 2.45) is 11.8 Å². The van der Waals surface area contributed by atoms with E-state index in [0.29, 0.717) is 25.0 Å². The van der Waals surface area contributed by atoms with Crippen LogP contribution in [0.3, 0.4) is 0 Å². The van der Waals surface area contributed by atoms with Gasteiger partial charge in [0.15, 0.2) is 17.3 Å². The maximum Gasteiger partial charge on any atom is 0.225 e. The van der Waals surface area contributed by atoms with Crippen LogP contribution in [0.5, 0.6) is 11.5 Å². The third kappa shape index (κ3) is 2.02. The molecule has 3 aliphatic heterocycles. The number of methoxy groups -OCH3 is 1. The van der Waals surface area contributed by atoms with Crippen molar-refractivity contribution in [3.05, 3.63) is 23.3 Å². The van der Waals surface area contributed by atoms with Crippen molar-refractivity contribution in [2.45, 2.75) is 61.9 Å². The zero-order chi connectivity index (χ0) is 19.4. The second-order valence-electron chi connectivity index (χ2n) is 9.73. The Kier molecular flexibility index (Phi) is 3.19. The van der Waals surface area contributed by atoms with Gasteiger partial charge >= 0.3 is 0 Å². The number of likely N-dealkylation sites (tertiary alicyclic amines) is 1. The first-order valence-electron chi connectivity index (χ1n) is 11.1. The van der Waals surface area contributed by atoms with Crippen molar-refractivity contribution < 1.29 is 23.7 Å². The van der Waals surface area contributed by atoms with Crippen LogP contribution in [0.25, 0.3) is 0 Å². The molecule has 0 aromatic heterocycles. The van der Waals surface area contributed by atoms with Gasteiger partial charge in [0.05, 0.1) is 20.3 Å². The molecule has 2 saturated heterocycles. The van der Waals surface area contributed by atoms with Gasteiger partial charge in [-0.15, -0.1) is 0 Å². The number of hydrogen-bond acceptors (Lipinski definition) is 5. The van der Waals surface area contributed by atoms with E-state index in [9.17, 15) is 4.79 Å². The smallest absolute Gasteiger partial charge is 0.225 e. The predicted octanol–water partition coefficient (Wildman–Crippen LogP) is 2.41. The van der Waals surface area contributed by atoms with Crippen molar-refractivity contribution in [1.82, 2.24) is 4.90 Å². The SMILES string of the molecule is COc1ccc2c3c1O[C@H]1CC4(C[C@H]5[C@@H](C2)N(C(=O)C2CC2)CC[C@]315)OCCO4. The molecule has 7 rings (SSSR count). The fourth-order valence-corrected chi connectivity index (χ4v) is 7.19. The molecule has 4 fully saturated rings. The lowest BCUT2D eigenvalue weighted by Crippen LogP contribution is -2.68. The molecule has 2 saturated carbocycles. The molecule has 3 aliphatic carbocycles. The quantitative estimate of drug-likeness (QED) is 0.767. The van der Waals surface area contributed by atoms with Gasteiger partial charge in [-0.2, -0.15) is 0 Å². The van der Waals surface area contributed by atoms with E-state index < -0.39 is 5.79 Å². The molecule has 0 unspecified atom stereocenters. The van der Waals surface area contributed by atoms with E-state index in [0.717, 1.165) is 56.6 Å². The summed E-state index contributed by atoms with van der Waals surface area (Å²) < 4.78 is 24.7. The van der Waals surface area contributed by atoms with Crippen LogP contribution in [-0.4, -0.2) is 55.6 Å². The maximum atomic E-state index is 13.2. The summed E-state index contributed by atoms with van der Waals surface area (Å²) in [6.45, 7) is 2.12. The Morgan fingerprint density at radius 1 is 1.21 bits per heavy atom. The van der Waals surface area contributed by atoms with Crippen LogP contribution in [0.2, 0.25) is 0 Å². The van der Waals surface area contributed by atoms with Gasteiger partial charge in [-0.25, -0.2) is 0 Å². The van der Waals surface area contributed by atoms with Gasteiger partial charge in [-0.3, -0.25) is 4.79 Å². The molecular weight excluding hydrogens is 370 g/mol. The molecule has 1 amide bonds. The third-order valence-electron chi connectivity index (χ3n) is 8.50. The highest BCUT2D eigenvalue weighted by molar-refractivity contribution is 5.82. The molecule has 6 aliphatic rings. The van der Waals surface area contributed by atoms with E-state index in [-0.39, 0.29) is 23.5 Å². The summed E-state index contributed by atoms with van der Waals surface area (Å²) >= 11 is 0. The van der Waals surface area contributed by atoms with Crippen LogP contribution in [0.4, 0.5) is 0 Å². The average Bonchev–Trinajstić information content (AvgIpc) is 3.40. The predicted molar refractivity (Wildman–Crippen MR) is 103 cm³/mol. The Bertz CT molecular complexity index is 905. The van der Waals surface area contributed by atoms with Crippen LogP contribution in [0.1, 0.15) is 43.2 Å². The average molecular weight is 397 g/mol. The summed E-state index contributed by atoms with van der Waals surface area (Å²) in [6, 6.07) is 4.44. The number of carbonyl (C=O) groups is 1. The van der Waals surface area contributed by atoms with Crippen LogP contribution < -0.4 is 9.47 Å². The van der Waals surface area contributed by atoms with Gasteiger partial charge in [0.2, 0.25) is 5.91 Å². The number of amides is 1. The van der Waals surface area contributed by atoms with E-state index >= 15 is 0 Å². The minimum atomic E-state index is -0.560. The van der Waals surface area contributed by atoms with Crippen molar-refractivity contribution >= 4 is 5.91 Å². The van der Waals surface area contributed by atoms with Gasteiger partial charge in [0.25, 0.3) is 0 Å². The van der Waals surface area contributed by atoms with Crippen LogP contribution in [0, 0.1) is 11.8 Å². The number of nitrogens with zero attached hydrogens (tertiary/aromatic N) is 1. The Hall–Kier alpha value is -1.79. The van der Waals surface area contributed by atoms with Crippen molar-refractivity contribution in [1.29, 1.82) is 0 Å². The Labute approximate surface area is 170 Å². The van der Waals surface area contributed by atoms with Crippen molar-refractivity contribution in [3.8, 4) is 11.5 Å². The Balaban J connectivity index is 1.40. The number of ether oxygens (including phenoxy) is 4. The molecule has 0 radical (unpaired) electrons. The lowest BCUT2D eigenvalue weighted by Gasteiger charge is -2.60. The zero-order valence-corrected chi connectivity index (χ0v) is 16.8. The molecule has 154 valence electrons. The van der Waals surface area contributed by atoms with Crippen LogP contribution in [0.15, 0.2) is 12.1 Å². The van der Waals surface area contributed by atoms with E-state index in [1.807, 2.05) is 6.07 Å². The first-order valence-corrected chi connectivity index (χ1v) is 11.1. The minimum absolute atomic E-state index is 0.0189. The van der Waals surface area contributed by atoms with Crippen molar-refractivity contribution in [3.63, 3.8) is 0 Å². The summed E-state index contributed by atoms with van der Waals surface area (Å²) in [6.07, 6.45) is 5.58. The van der Waals surface area contributed by atoms with Gasteiger partial charge in [-0.1, -0.05) is 6.07 Å². The van der Waals surface area contributed by atoms with E-state index in [1.165, 1.54) is 11.1 Å². The van der Waals surface area contributed by atoms with Gasteiger partial charge in [0.1, 0.15) is 6.10 Å². The number of benzene rings is 1. The number of rotatable bonds is 2. The molecule has 1 aromatic rings. The lowest BCUT2D eigenvalue weighted by molar-refractivity contribution is -0.232. The van der Waals surface area contributed by atoms with Crippen LogP contribution >= 0.6 is 0 Å². The molecule has 3 heterocycles. The van der Waals surface area contributed by atoms with Crippen molar-refractivity contribution in [2.75, 3.05) is 26.9 Å². The summed E-state index contributed by atoms with van der Waals surface area (Å²) in [4.78, 5) is 15.4. The Morgan fingerprint density at radius 3 is 2.79 bits per heavy atom. The maximum absolute atomic E-state index is 13.2. The molecule has 6 nitrogen and oxygen atoms in total. The first kappa shape index (κ1) is 16.9. The second kappa shape index (κ2) is 5.46. The molecule has 2 bridgehead atoms. The molecular formula is C23H27NO5. The molecule has 29 heavy (non-hydrogen) atoms. The van der Waals surface area contributed by atoms with E-state index in [1.54, 1.807) is 7.11 Å².